The van der Waals surface area contributed by atoms with E-state index in [1.165, 1.54) is 30.9 Å². The molecule has 1 aromatic rings. The van der Waals surface area contributed by atoms with Crippen LogP contribution in [0.1, 0.15) is 45.1 Å². The van der Waals surface area contributed by atoms with Crippen molar-refractivity contribution in [2.24, 2.45) is 0 Å². The first-order valence-electron chi connectivity index (χ1n) is 7.78. The lowest BCUT2D eigenvalue weighted by atomic mass is 10.0. The molecule has 21 heavy (non-hydrogen) atoms. The van der Waals surface area contributed by atoms with E-state index in [-0.39, 0.29) is 12.2 Å². The van der Waals surface area contributed by atoms with Crippen molar-refractivity contribution in [3.05, 3.63) is 48.6 Å². The van der Waals surface area contributed by atoms with Crippen LogP contribution in [-0.4, -0.2) is 18.2 Å². The number of hydrogen-bond donors (Lipinski definition) is 1. The molecule has 1 N–H and O–H groups in total. The van der Waals surface area contributed by atoms with Crippen molar-refractivity contribution in [2.75, 3.05) is 0 Å². The molecule has 0 bridgehead atoms. The molecule has 0 aliphatic heterocycles. The number of rotatable bonds is 10. The van der Waals surface area contributed by atoms with E-state index < -0.39 is 0 Å². The van der Waals surface area contributed by atoms with Gasteiger partial charge < -0.3 is 4.74 Å². The van der Waals surface area contributed by atoms with Gasteiger partial charge in [-0.15, -0.1) is 0 Å². The molecule has 0 fully saturated rings. The molecule has 1 rings (SSSR count). The number of nitrogens with one attached hydrogen (secondary N) is 1. The van der Waals surface area contributed by atoms with Gasteiger partial charge in [0, 0.05) is 12.1 Å². The zero-order valence-corrected chi connectivity index (χ0v) is 13.2. The number of carbonyl (C=O) groups excluding carboxylic acids is 1. The van der Waals surface area contributed by atoms with Crippen LogP contribution < -0.4 is 5.32 Å². The third-order valence-corrected chi connectivity index (χ3v) is 3.41. The molecule has 0 saturated heterocycles. The highest BCUT2D eigenvalue weighted by Gasteiger charge is 2.14. The monoisotopic (exact) mass is 289 g/mol. The van der Waals surface area contributed by atoms with Crippen molar-refractivity contribution in [1.82, 2.24) is 5.32 Å². The summed E-state index contributed by atoms with van der Waals surface area (Å²) in [7, 11) is 0. The molecule has 116 valence electrons. The van der Waals surface area contributed by atoms with E-state index in [1.54, 1.807) is 0 Å². The Bertz CT molecular complexity index is 416. The lowest BCUT2D eigenvalue weighted by Gasteiger charge is -2.23. The highest BCUT2D eigenvalue weighted by molar-refractivity contribution is 5.81. The third kappa shape index (κ3) is 7.66. The van der Waals surface area contributed by atoms with E-state index in [0.717, 1.165) is 12.8 Å². The summed E-state index contributed by atoms with van der Waals surface area (Å²) in [6, 6.07) is 10.7. The van der Waals surface area contributed by atoms with Crippen LogP contribution in [-0.2, 0) is 16.0 Å². The Kier molecular flexibility index (Phi) is 8.44. The molecule has 0 aliphatic carbocycles. The number of benzene rings is 1. The number of ether oxygens (including phenoxy) is 1. The second-order valence-electron chi connectivity index (χ2n) is 5.33. The first-order chi connectivity index (χ1) is 10.2. The standard InChI is InChI=1S/C18H27NO2/c1-4-6-8-13-17(14-16-11-9-7-10-12-16)19-15(3)21-18(20)5-2/h5,7,9-12,15,17,19H,2,4,6,8,13-14H2,1,3H3. The van der Waals surface area contributed by atoms with Crippen LogP contribution in [0.4, 0.5) is 0 Å². The average Bonchev–Trinajstić information content (AvgIpc) is 2.48. The fraction of sp³-hybridized carbons (Fsp3) is 0.500. The van der Waals surface area contributed by atoms with Gasteiger partial charge in [0.2, 0.25) is 0 Å². The van der Waals surface area contributed by atoms with E-state index in [2.05, 4.69) is 43.1 Å². The normalized spacial score (nSPS) is 13.4. The van der Waals surface area contributed by atoms with Gasteiger partial charge in [0.15, 0.2) is 6.23 Å². The lowest BCUT2D eigenvalue weighted by molar-refractivity contribution is -0.143. The fourth-order valence-electron chi connectivity index (χ4n) is 2.37. The molecule has 3 nitrogen and oxygen atoms in total. The van der Waals surface area contributed by atoms with E-state index in [0.29, 0.717) is 6.04 Å². The SMILES string of the molecule is C=CC(=O)OC(C)NC(CCCCC)Cc1ccccc1. The molecule has 2 unspecified atom stereocenters. The molecule has 0 radical (unpaired) electrons. The molecular formula is C18H27NO2. The van der Waals surface area contributed by atoms with Crippen LogP contribution in [0, 0.1) is 0 Å². The Hall–Kier alpha value is -1.61. The predicted molar refractivity (Wildman–Crippen MR) is 87.0 cm³/mol. The van der Waals surface area contributed by atoms with Gasteiger partial charge in [-0.1, -0.05) is 63.1 Å². The van der Waals surface area contributed by atoms with Gasteiger partial charge >= 0.3 is 5.97 Å². The van der Waals surface area contributed by atoms with Crippen molar-refractivity contribution < 1.29 is 9.53 Å². The second kappa shape index (κ2) is 10.2. The summed E-state index contributed by atoms with van der Waals surface area (Å²) in [6.07, 6.45) is 6.54. The number of unbranched alkanes of at least 4 members (excludes halogenated alkanes) is 2. The molecule has 1 aromatic carbocycles. The van der Waals surface area contributed by atoms with E-state index >= 15 is 0 Å². The molecule has 0 spiro atoms. The maximum absolute atomic E-state index is 11.2. The summed E-state index contributed by atoms with van der Waals surface area (Å²) in [5, 5.41) is 3.40. The Labute approximate surface area is 128 Å². The quantitative estimate of drug-likeness (QED) is 0.308. The lowest BCUT2D eigenvalue weighted by Crippen LogP contribution is -2.40. The van der Waals surface area contributed by atoms with E-state index in [4.69, 9.17) is 4.74 Å². The first kappa shape index (κ1) is 17.4. The number of carbonyl (C=O) groups is 1. The summed E-state index contributed by atoms with van der Waals surface area (Å²) in [6.45, 7) is 7.48. The molecule has 3 heteroatoms. The third-order valence-electron chi connectivity index (χ3n) is 3.41. The van der Waals surface area contributed by atoms with Crippen LogP contribution in [0.25, 0.3) is 0 Å². The van der Waals surface area contributed by atoms with Crippen LogP contribution in [0.3, 0.4) is 0 Å². The summed E-state index contributed by atoms with van der Waals surface area (Å²) >= 11 is 0. The molecule has 0 saturated carbocycles. The largest absolute Gasteiger partial charge is 0.444 e. The topological polar surface area (TPSA) is 38.3 Å². The minimum atomic E-state index is -0.387. The van der Waals surface area contributed by atoms with Crippen molar-refractivity contribution in [3.8, 4) is 0 Å². The van der Waals surface area contributed by atoms with E-state index in [9.17, 15) is 4.79 Å². The maximum Gasteiger partial charge on any atom is 0.331 e. The average molecular weight is 289 g/mol. The van der Waals surface area contributed by atoms with Gasteiger partial charge in [-0.3, -0.25) is 5.32 Å². The van der Waals surface area contributed by atoms with Gasteiger partial charge in [0.25, 0.3) is 0 Å². The number of hydrogen-bond acceptors (Lipinski definition) is 3. The van der Waals surface area contributed by atoms with Crippen molar-refractivity contribution in [3.63, 3.8) is 0 Å². The van der Waals surface area contributed by atoms with Gasteiger partial charge in [-0.05, 0) is 25.3 Å². The number of esters is 1. The minimum Gasteiger partial charge on any atom is -0.444 e. The van der Waals surface area contributed by atoms with Gasteiger partial charge in [0.1, 0.15) is 0 Å². The van der Waals surface area contributed by atoms with E-state index in [1.807, 2.05) is 13.0 Å². The zero-order chi connectivity index (χ0) is 15.5. The molecule has 0 amide bonds. The second-order valence-corrected chi connectivity index (χ2v) is 5.33. The van der Waals surface area contributed by atoms with Gasteiger partial charge in [-0.2, -0.15) is 0 Å². The van der Waals surface area contributed by atoms with Crippen molar-refractivity contribution in [1.29, 1.82) is 0 Å². The Morgan fingerprint density at radius 1 is 1.33 bits per heavy atom. The summed E-state index contributed by atoms with van der Waals surface area (Å²) in [5.74, 6) is -0.387. The van der Waals surface area contributed by atoms with Gasteiger partial charge in [0.05, 0.1) is 0 Å². The van der Waals surface area contributed by atoms with Crippen LogP contribution >= 0.6 is 0 Å². The first-order valence-corrected chi connectivity index (χ1v) is 7.78. The maximum atomic E-state index is 11.2. The Morgan fingerprint density at radius 3 is 2.67 bits per heavy atom. The van der Waals surface area contributed by atoms with Crippen LogP contribution in [0.2, 0.25) is 0 Å². The molecule has 2 atom stereocenters. The molecular weight excluding hydrogens is 262 g/mol. The van der Waals surface area contributed by atoms with Crippen molar-refractivity contribution >= 4 is 5.97 Å². The predicted octanol–water partition coefficient (Wildman–Crippen LogP) is 3.84. The summed E-state index contributed by atoms with van der Waals surface area (Å²) in [4.78, 5) is 11.2. The molecule has 0 aromatic heterocycles. The molecule has 0 heterocycles. The Balaban J connectivity index is 2.54. The summed E-state index contributed by atoms with van der Waals surface area (Å²) in [5.41, 5.74) is 1.30. The smallest absolute Gasteiger partial charge is 0.331 e. The zero-order valence-electron chi connectivity index (χ0n) is 13.2. The minimum absolute atomic E-state index is 0.300. The van der Waals surface area contributed by atoms with Crippen LogP contribution in [0.15, 0.2) is 43.0 Å². The van der Waals surface area contributed by atoms with Gasteiger partial charge in [-0.25, -0.2) is 4.79 Å². The Morgan fingerprint density at radius 2 is 2.05 bits per heavy atom. The van der Waals surface area contributed by atoms with Crippen molar-refractivity contribution in [2.45, 2.75) is 58.2 Å². The molecule has 0 aliphatic rings. The fourth-order valence-corrected chi connectivity index (χ4v) is 2.37. The highest BCUT2D eigenvalue weighted by Crippen LogP contribution is 2.11. The van der Waals surface area contributed by atoms with Crippen LogP contribution in [0.5, 0.6) is 0 Å². The highest BCUT2D eigenvalue weighted by atomic mass is 16.6. The summed E-state index contributed by atoms with van der Waals surface area (Å²) < 4.78 is 5.21.